The van der Waals surface area contributed by atoms with Gasteiger partial charge in [0, 0.05) is 13.1 Å². The van der Waals surface area contributed by atoms with E-state index in [0.717, 1.165) is 37.5 Å². The zero-order valence-electron chi connectivity index (χ0n) is 11.3. The third-order valence-corrected chi connectivity index (χ3v) is 3.90. The molecule has 0 spiro atoms. The molecule has 0 radical (unpaired) electrons. The van der Waals surface area contributed by atoms with Crippen molar-refractivity contribution in [1.29, 1.82) is 0 Å². The summed E-state index contributed by atoms with van der Waals surface area (Å²) in [6.07, 6.45) is 2.27. The van der Waals surface area contributed by atoms with Gasteiger partial charge in [-0.15, -0.1) is 0 Å². The highest BCUT2D eigenvalue weighted by atomic mass is 35.5. The molecule has 0 atom stereocenters. The van der Waals surface area contributed by atoms with Crippen molar-refractivity contribution in [3.8, 4) is 0 Å². The van der Waals surface area contributed by atoms with E-state index in [1.54, 1.807) is 12.1 Å². The average Bonchev–Trinajstić information content (AvgIpc) is 2.39. The van der Waals surface area contributed by atoms with Gasteiger partial charge in [0.2, 0.25) is 0 Å². The Morgan fingerprint density at radius 3 is 2.58 bits per heavy atom. The van der Waals surface area contributed by atoms with Gasteiger partial charge in [-0.25, -0.2) is 4.79 Å². The molecule has 1 aromatic rings. The summed E-state index contributed by atoms with van der Waals surface area (Å²) in [4.78, 5) is 13.7. The first-order valence-electron chi connectivity index (χ1n) is 6.45. The monoisotopic (exact) mass is 282 g/mol. The maximum absolute atomic E-state index is 11.5. The fourth-order valence-electron chi connectivity index (χ4n) is 2.42. The minimum absolute atomic E-state index is 0.388. The van der Waals surface area contributed by atoms with Crippen LogP contribution in [0.1, 0.15) is 30.1 Å². The normalized spacial score (nSPS) is 16.5. The smallest absolute Gasteiger partial charge is 0.337 e. The van der Waals surface area contributed by atoms with Crippen LogP contribution in [0.3, 0.4) is 0 Å². The van der Waals surface area contributed by atoms with E-state index < -0.39 is 5.97 Å². The van der Waals surface area contributed by atoms with Gasteiger partial charge in [0.05, 0.1) is 29.1 Å². The molecule has 1 fully saturated rings. The van der Waals surface area contributed by atoms with Crippen molar-refractivity contribution in [3.63, 3.8) is 0 Å². The lowest BCUT2D eigenvalue weighted by Gasteiger charge is -2.33. The standard InChI is InChI=1S/C14H19ClN2O2/c1-9-3-5-17(6-4-9)13-11(15)7-10(8-12(13)16)14(18)19-2/h7-9H,3-6,16H2,1-2H3. The quantitative estimate of drug-likeness (QED) is 0.669. The number of esters is 1. The lowest BCUT2D eigenvalue weighted by Crippen LogP contribution is -2.33. The highest BCUT2D eigenvalue weighted by Gasteiger charge is 2.21. The van der Waals surface area contributed by atoms with Gasteiger partial charge < -0.3 is 15.4 Å². The minimum Gasteiger partial charge on any atom is -0.465 e. The largest absolute Gasteiger partial charge is 0.465 e. The number of benzene rings is 1. The van der Waals surface area contributed by atoms with Crippen LogP contribution in [0, 0.1) is 5.92 Å². The third-order valence-electron chi connectivity index (χ3n) is 3.61. The van der Waals surface area contributed by atoms with Gasteiger partial charge in [-0.3, -0.25) is 0 Å². The number of anilines is 2. The zero-order chi connectivity index (χ0) is 14.0. The first kappa shape index (κ1) is 14.0. The predicted molar refractivity (Wildman–Crippen MR) is 77.8 cm³/mol. The van der Waals surface area contributed by atoms with Gasteiger partial charge in [-0.1, -0.05) is 18.5 Å². The van der Waals surface area contributed by atoms with Crippen LogP contribution in [0.25, 0.3) is 0 Å². The van der Waals surface area contributed by atoms with Crippen LogP contribution < -0.4 is 10.6 Å². The molecule has 1 saturated heterocycles. The first-order valence-corrected chi connectivity index (χ1v) is 6.83. The van der Waals surface area contributed by atoms with Crippen molar-refractivity contribution in [2.75, 3.05) is 30.8 Å². The molecular weight excluding hydrogens is 264 g/mol. The van der Waals surface area contributed by atoms with Crippen LogP contribution in [0.15, 0.2) is 12.1 Å². The van der Waals surface area contributed by atoms with E-state index in [9.17, 15) is 4.79 Å². The lowest BCUT2D eigenvalue weighted by molar-refractivity contribution is 0.0601. The summed E-state index contributed by atoms with van der Waals surface area (Å²) in [5.41, 5.74) is 7.80. The van der Waals surface area contributed by atoms with E-state index >= 15 is 0 Å². The number of carbonyl (C=O) groups is 1. The fraction of sp³-hybridized carbons (Fsp3) is 0.500. The predicted octanol–water partition coefficient (Wildman–Crippen LogP) is 2.95. The molecule has 2 N–H and O–H groups in total. The van der Waals surface area contributed by atoms with Crippen molar-refractivity contribution >= 4 is 28.9 Å². The Labute approximate surface area is 118 Å². The number of ether oxygens (including phenoxy) is 1. The number of nitrogen functional groups attached to an aromatic ring is 1. The first-order chi connectivity index (χ1) is 9.02. The molecule has 0 aliphatic carbocycles. The summed E-state index contributed by atoms with van der Waals surface area (Å²) in [5.74, 6) is 0.318. The molecule has 5 heteroatoms. The summed E-state index contributed by atoms with van der Waals surface area (Å²) >= 11 is 6.28. The Balaban J connectivity index is 2.29. The molecule has 4 nitrogen and oxygen atoms in total. The SMILES string of the molecule is COC(=O)c1cc(N)c(N2CCC(C)CC2)c(Cl)c1. The molecule has 104 valence electrons. The molecule has 0 bridgehead atoms. The second-order valence-electron chi connectivity index (χ2n) is 5.06. The Bertz CT molecular complexity index is 459. The van der Waals surface area contributed by atoms with Crippen molar-refractivity contribution in [2.24, 2.45) is 5.92 Å². The van der Waals surface area contributed by atoms with Crippen LogP contribution in [-0.4, -0.2) is 26.2 Å². The number of nitrogens with zero attached hydrogens (tertiary/aromatic N) is 1. The molecule has 0 amide bonds. The molecule has 1 heterocycles. The van der Waals surface area contributed by atoms with E-state index in [1.807, 2.05) is 0 Å². The topological polar surface area (TPSA) is 55.6 Å². The maximum Gasteiger partial charge on any atom is 0.337 e. The molecular formula is C14H19ClN2O2. The number of carbonyl (C=O) groups excluding carboxylic acids is 1. The molecule has 2 rings (SSSR count). The van der Waals surface area contributed by atoms with Gasteiger partial charge >= 0.3 is 5.97 Å². The molecule has 0 saturated carbocycles. The van der Waals surface area contributed by atoms with E-state index in [1.165, 1.54) is 7.11 Å². The summed E-state index contributed by atoms with van der Waals surface area (Å²) in [6, 6.07) is 3.25. The van der Waals surface area contributed by atoms with E-state index in [2.05, 4.69) is 16.6 Å². The Hall–Kier alpha value is -1.42. The van der Waals surface area contributed by atoms with Gasteiger partial charge in [0.1, 0.15) is 0 Å². The number of piperidine rings is 1. The Morgan fingerprint density at radius 2 is 2.05 bits per heavy atom. The molecule has 0 aromatic heterocycles. The molecule has 1 aromatic carbocycles. The summed E-state index contributed by atoms with van der Waals surface area (Å²) in [5, 5.41) is 0.509. The molecule has 1 aliphatic heterocycles. The number of hydrogen-bond acceptors (Lipinski definition) is 4. The highest BCUT2D eigenvalue weighted by molar-refractivity contribution is 6.34. The summed E-state index contributed by atoms with van der Waals surface area (Å²) < 4.78 is 4.68. The lowest BCUT2D eigenvalue weighted by atomic mass is 9.98. The van der Waals surface area contributed by atoms with Crippen LogP contribution in [-0.2, 0) is 4.74 Å². The second kappa shape index (κ2) is 5.70. The zero-order valence-corrected chi connectivity index (χ0v) is 12.0. The fourth-order valence-corrected chi connectivity index (χ4v) is 2.77. The minimum atomic E-state index is -0.424. The summed E-state index contributed by atoms with van der Waals surface area (Å²) in [6.45, 7) is 4.15. The average molecular weight is 283 g/mol. The van der Waals surface area contributed by atoms with Crippen molar-refractivity contribution in [2.45, 2.75) is 19.8 Å². The van der Waals surface area contributed by atoms with Crippen LogP contribution in [0.5, 0.6) is 0 Å². The van der Waals surface area contributed by atoms with Gasteiger partial charge in [0.25, 0.3) is 0 Å². The van der Waals surface area contributed by atoms with Crippen LogP contribution in [0.4, 0.5) is 11.4 Å². The van der Waals surface area contributed by atoms with Gasteiger partial charge in [0.15, 0.2) is 0 Å². The number of halogens is 1. The van der Waals surface area contributed by atoms with E-state index in [4.69, 9.17) is 17.3 Å². The number of rotatable bonds is 2. The molecule has 1 aliphatic rings. The number of nitrogens with two attached hydrogens (primary N) is 1. The van der Waals surface area contributed by atoms with Crippen LogP contribution >= 0.6 is 11.6 Å². The van der Waals surface area contributed by atoms with E-state index in [0.29, 0.717) is 16.3 Å². The van der Waals surface area contributed by atoms with Crippen molar-refractivity contribution in [3.05, 3.63) is 22.7 Å². The van der Waals surface area contributed by atoms with Crippen LogP contribution in [0.2, 0.25) is 5.02 Å². The Kier molecular flexibility index (Phi) is 4.20. The van der Waals surface area contributed by atoms with E-state index in [-0.39, 0.29) is 0 Å². The molecule has 19 heavy (non-hydrogen) atoms. The highest BCUT2D eigenvalue weighted by Crippen LogP contribution is 2.36. The number of hydrogen-bond donors (Lipinski definition) is 1. The van der Waals surface area contributed by atoms with Crippen molar-refractivity contribution < 1.29 is 9.53 Å². The molecule has 0 unspecified atom stereocenters. The number of methoxy groups -OCH3 is 1. The van der Waals surface area contributed by atoms with Gasteiger partial charge in [-0.2, -0.15) is 0 Å². The third kappa shape index (κ3) is 2.95. The van der Waals surface area contributed by atoms with Crippen molar-refractivity contribution in [1.82, 2.24) is 0 Å². The summed E-state index contributed by atoms with van der Waals surface area (Å²) in [7, 11) is 1.34. The second-order valence-corrected chi connectivity index (χ2v) is 5.46. The maximum atomic E-state index is 11.5. The Morgan fingerprint density at radius 1 is 1.42 bits per heavy atom. The van der Waals surface area contributed by atoms with Gasteiger partial charge in [-0.05, 0) is 30.9 Å².